The summed E-state index contributed by atoms with van der Waals surface area (Å²) in [4.78, 5) is 48.9. The molecule has 7 nitrogen and oxygen atoms in total. The highest BCUT2D eigenvalue weighted by Gasteiger charge is 2.16. The van der Waals surface area contributed by atoms with Crippen LogP contribution in [0.4, 0.5) is 11.4 Å². The molecule has 148 valence electrons. The first-order chi connectivity index (χ1) is 13.9. The number of thiophene rings is 2. The Labute approximate surface area is 174 Å². The van der Waals surface area contributed by atoms with Gasteiger partial charge in [-0.15, -0.1) is 11.3 Å². The number of benzene rings is 1. The number of hydrogen-bond acceptors (Lipinski definition) is 6. The molecule has 3 N–H and O–H groups in total. The van der Waals surface area contributed by atoms with Gasteiger partial charge in [0.25, 0.3) is 0 Å². The van der Waals surface area contributed by atoms with E-state index in [0.29, 0.717) is 21.8 Å². The summed E-state index contributed by atoms with van der Waals surface area (Å²) in [5.41, 5.74) is 1.53. The molecule has 0 saturated carbocycles. The third kappa shape index (κ3) is 5.59. The fourth-order valence-electron chi connectivity index (χ4n) is 2.44. The average molecular weight is 428 g/mol. The van der Waals surface area contributed by atoms with Crippen molar-refractivity contribution in [2.45, 2.75) is 13.5 Å². The van der Waals surface area contributed by atoms with E-state index < -0.39 is 11.8 Å². The minimum atomic E-state index is -0.823. The zero-order valence-electron chi connectivity index (χ0n) is 15.4. The minimum Gasteiger partial charge on any atom is -0.343 e. The zero-order valence-corrected chi connectivity index (χ0v) is 17.0. The highest BCUT2D eigenvalue weighted by molar-refractivity contribution is 7.14. The summed E-state index contributed by atoms with van der Waals surface area (Å²) >= 11 is 2.73. The number of anilines is 2. The van der Waals surface area contributed by atoms with Gasteiger partial charge in [-0.2, -0.15) is 11.3 Å². The normalized spacial score (nSPS) is 10.2. The lowest BCUT2D eigenvalue weighted by molar-refractivity contribution is -0.136. The SMILES string of the molecule is CC(=O)Nc1cccc(NC(=O)C(=O)NCc2ccc(C(=O)c3ccsc3)s2)c1. The Hall–Kier alpha value is -3.30. The standard InChI is InChI=1S/C20H17N3O4S2/c1-12(24)22-14-3-2-4-15(9-14)23-20(27)19(26)21-10-16-5-6-17(29-16)18(25)13-7-8-28-11-13/h2-9,11H,10H2,1H3,(H,21,26)(H,22,24)(H,23,27). The van der Waals surface area contributed by atoms with Crippen LogP contribution in [-0.2, 0) is 20.9 Å². The van der Waals surface area contributed by atoms with Crippen molar-refractivity contribution in [1.82, 2.24) is 5.32 Å². The predicted molar refractivity (Wildman–Crippen MR) is 113 cm³/mol. The molecule has 0 spiro atoms. The summed E-state index contributed by atoms with van der Waals surface area (Å²) < 4.78 is 0. The highest BCUT2D eigenvalue weighted by atomic mass is 32.1. The first kappa shape index (κ1) is 20.4. The average Bonchev–Trinajstić information content (AvgIpc) is 3.37. The van der Waals surface area contributed by atoms with Gasteiger partial charge in [-0.25, -0.2) is 0 Å². The van der Waals surface area contributed by atoms with E-state index in [9.17, 15) is 19.2 Å². The molecule has 29 heavy (non-hydrogen) atoms. The Bertz CT molecular complexity index is 1060. The number of hydrogen-bond donors (Lipinski definition) is 3. The molecule has 0 fully saturated rings. The highest BCUT2D eigenvalue weighted by Crippen LogP contribution is 2.21. The predicted octanol–water partition coefficient (Wildman–Crippen LogP) is 3.25. The summed E-state index contributed by atoms with van der Waals surface area (Å²) in [5.74, 6) is -1.92. The van der Waals surface area contributed by atoms with Crippen LogP contribution >= 0.6 is 22.7 Å². The molecule has 0 aliphatic carbocycles. The second-order valence-corrected chi connectivity index (χ2v) is 7.95. The Morgan fingerprint density at radius 3 is 2.38 bits per heavy atom. The molecule has 1 aromatic carbocycles. The molecular formula is C20H17N3O4S2. The van der Waals surface area contributed by atoms with E-state index >= 15 is 0 Å². The van der Waals surface area contributed by atoms with E-state index in [4.69, 9.17) is 0 Å². The van der Waals surface area contributed by atoms with Gasteiger partial charge in [-0.1, -0.05) is 6.07 Å². The Morgan fingerprint density at radius 1 is 0.931 bits per heavy atom. The zero-order chi connectivity index (χ0) is 20.8. The van der Waals surface area contributed by atoms with Crippen LogP contribution in [0.25, 0.3) is 0 Å². The van der Waals surface area contributed by atoms with Gasteiger partial charge in [-0.05, 0) is 41.8 Å². The summed E-state index contributed by atoms with van der Waals surface area (Å²) in [7, 11) is 0. The molecule has 0 bridgehead atoms. The van der Waals surface area contributed by atoms with Gasteiger partial charge in [0, 0.05) is 34.1 Å². The van der Waals surface area contributed by atoms with Gasteiger partial charge in [0.2, 0.25) is 11.7 Å². The fraction of sp³-hybridized carbons (Fsp3) is 0.100. The second kappa shape index (κ2) is 9.26. The first-order valence-electron chi connectivity index (χ1n) is 8.55. The van der Waals surface area contributed by atoms with Gasteiger partial charge in [0.1, 0.15) is 0 Å². The van der Waals surface area contributed by atoms with Crippen molar-refractivity contribution in [2.24, 2.45) is 0 Å². The molecule has 0 atom stereocenters. The van der Waals surface area contributed by atoms with Gasteiger partial charge in [-0.3, -0.25) is 19.2 Å². The number of amides is 3. The summed E-state index contributed by atoms with van der Waals surface area (Å²) in [6, 6.07) is 11.7. The molecule has 2 heterocycles. The van der Waals surface area contributed by atoms with Gasteiger partial charge in [0.05, 0.1) is 11.4 Å². The quantitative estimate of drug-likeness (QED) is 0.415. The van der Waals surface area contributed by atoms with Crippen molar-refractivity contribution < 1.29 is 19.2 Å². The third-order valence-corrected chi connectivity index (χ3v) is 5.51. The van der Waals surface area contributed by atoms with Crippen LogP contribution in [0.1, 0.15) is 27.0 Å². The van der Waals surface area contributed by atoms with Gasteiger partial charge >= 0.3 is 11.8 Å². The van der Waals surface area contributed by atoms with E-state index in [-0.39, 0.29) is 18.2 Å². The van der Waals surface area contributed by atoms with Crippen LogP contribution < -0.4 is 16.0 Å². The molecule has 2 aromatic heterocycles. The summed E-state index contributed by atoms with van der Waals surface area (Å²) in [5, 5.41) is 11.2. The maximum atomic E-state index is 12.3. The van der Waals surface area contributed by atoms with Crippen molar-refractivity contribution in [3.8, 4) is 0 Å². The van der Waals surface area contributed by atoms with Crippen LogP contribution in [-0.4, -0.2) is 23.5 Å². The van der Waals surface area contributed by atoms with E-state index in [1.807, 2.05) is 5.38 Å². The van der Waals surface area contributed by atoms with Crippen molar-refractivity contribution in [3.05, 3.63) is 68.5 Å². The molecule has 0 aliphatic heterocycles. The van der Waals surface area contributed by atoms with E-state index in [1.54, 1.807) is 47.8 Å². The van der Waals surface area contributed by atoms with Crippen LogP contribution in [0, 0.1) is 0 Å². The molecule has 0 aliphatic rings. The van der Waals surface area contributed by atoms with Crippen molar-refractivity contribution in [1.29, 1.82) is 0 Å². The van der Waals surface area contributed by atoms with E-state index in [2.05, 4.69) is 16.0 Å². The number of carbonyl (C=O) groups is 4. The van der Waals surface area contributed by atoms with Crippen LogP contribution in [0.15, 0.2) is 53.2 Å². The molecule has 9 heteroatoms. The molecule has 3 rings (SSSR count). The molecule has 3 amide bonds. The molecule has 0 radical (unpaired) electrons. The maximum Gasteiger partial charge on any atom is 0.313 e. The van der Waals surface area contributed by atoms with Crippen molar-refractivity contribution >= 4 is 57.6 Å². The molecule has 0 saturated heterocycles. The van der Waals surface area contributed by atoms with Gasteiger partial charge < -0.3 is 16.0 Å². The number of nitrogens with one attached hydrogen (secondary N) is 3. The summed E-state index contributed by atoms with van der Waals surface area (Å²) in [6.45, 7) is 1.52. The van der Waals surface area contributed by atoms with Crippen molar-refractivity contribution in [3.63, 3.8) is 0 Å². The van der Waals surface area contributed by atoms with Gasteiger partial charge in [0.15, 0.2) is 0 Å². The Balaban J connectivity index is 1.54. The third-order valence-electron chi connectivity index (χ3n) is 3.74. The lowest BCUT2D eigenvalue weighted by Crippen LogP contribution is -2.34. The van der Waals surface area contributed by atoms with Crippen LogP contribution in [0.2, 0.25) is 0 Å². The number of ketones is 1. The van der Waals surface area contributed by atoms with E-state index in [1.165, 1.54) is 29.6 Å². The number of rotatable bonds is 6. The monoisotopic (exact) mass is 427 g/mol. The topological polar surface area (TPSA) is 104 Å². The van der Waals surface area contributed by atoms with Crippen LogP contribution in [0.3, 0.4) is 0 Å². The number of carbonyl (C=O) groups excluding carboxylic acids is 4. The molecule has 0 unspecified atom stereocenters. The summed E-state index contributed by atoms with van der Waals surface area (Å²) in [6.07, 6.45) is 0. The van der Waals surface area contributed by atoms with E-state index in [0.717, 1.165) is 4.88 Å². The fourth-order valence-corrected chi connectivity index (χ4v) is 3.99. The first-order valence-corrected chi connectivity index (χ1v) is 10.3. The Kier molecular flexibility index (Phi) is 6.53. The molecular weight excluding hydrogens is 410 g/mol. The molecule has 3 aromatic rings. The second-order valence-electron chi connectivity index (χ2n) is 6.01. The Morgan fingerprint density at radius 2 is 1.69 bits per heavy atom. The lowest BCUT2D eigenvalue weighted by atomic mass is 10.2. The van der Waals surface area contributed by atoms with Crippen molar-refractivity contribution in [2.75, 3.05) is 10.6 Å². The smallest absolute Gasteiger partial charge is 0.313 e. The maximum absolute atomic E-state index is 12.3. The largest absolute Gasteiger partial charge is 0.343 e. The minimum absolute atomic E-state index is 0.0642. The lowest BCUT2D eigenvalue weighted by Gasteiger charge is -2.08. The van der Waals surface area contributed by atoms with Crippen LogP contribution in [0.5, 0.6) is 0 Å².